The molecule has 1 nitrogen and oxygen atoms in total. The van der Waals surface area contributed by atoms with E-state index in [0.29, 0.717) is 0 Å². The largest absolute Gasteiger partial charge is 0.321 e. The molecule has 0 spiro atoms. The van der Waals surface area contributed by atoms with E-state index in [0.717, 1.165) is 29.7 Å². The Kier molecular flexibility index (Phi) is 1.73. The molecular formula is C9H12FNS. The summed E-state index contributed by atoms with van der Waals surface area (Å²) < 4.78 is 13.3. The van der Waals surface area contributed by atoms with E-state index in [9.17, 15) is 4.39 Å². The van der Waals surface area contributed by atoms with Gasteiger partial charge in [0.05, 0.1) is 0 Å². The second kappa shape index (κ2) is 2.54. The Hall–Kier alpha value is -0.410. The Labute approximate surface area is 75.4 Å². The molecule has 1 aromatic rings. The van der Waals surface area contributed by atoms with Crippen LogP contribution in [0.3, 0.4) is 0 Å². The minimum absolute atomic E-state index is 0.0882. The van der Waals surface area contributed by atoms with E-state index in [2.05, 4.69) is 0 Å². The number of nitrogens with two attached hydrogens (primary N) is 1. The molecule has 0 radical (unpaired) electrons. The van der Waals surface area contributed by atoms with Crippen molar-refractivity contribution >= 4 is 11.3 Å². The van der Waals surface area contributed by atoms with Crippen LogP contribution in [0.5, 0.6) is 0 Å². The number of halogens is 1. The van der Waals surface area contributed by atoms with Crippen LogP contribution in [-0.2, 0) is 5.54 Å². The van der Waals surface area contributed by atoms with Gasteiger partial charge in [0.1, 0.15) is 0 Å². The smallest absolute Gasteiger partial charge is 0.181 e. The molecule has 1 heterocycles. The summed E-state index contributed by atoms with van der Waals surface area (Å²) in [7, 11) is 0. The first-order valence-electron chi connectivity index (χ1n) is 4.17. The summed E-state index contributed by atoms with van der Waals surface area (Å²) in [6.45, 7) is 1.92. The Bertz CT molecular complexity index is 301. The van der Waals surface area contributed by atoms with Gasteiger partial charge in [-0.25, -0.2) is 0 Å². The van der Waals surface area contributed by atoms with Crippen LogP contribution < -0.4 is 5.73 Å². The van der Waals surface area contributed by atoms with Crippen molar-refractivity contribution in [2.75, 3.05) is 0 Å². The predicted molar refractivity (Wildman–Crippen MR) is 48.7 cm³/mol. The van der Waals surface area contributed by atoms with E-state index in [4.69, 9.17) is 5.73 Å². The molecule has 1 aromatic heterocycles. The molecule has 0 aromatic carbocycles. The maximum atomic E-state index is 13.3. The van der Waals surface area contributed by atoms with Gasteiger partial charge < -0.3 is 5.73 Å². The van der Waals surface area contributed by atoms with Crippen LogP contribution >= 0.6 is 11.3 Å². The zero-order chi connectivity index (χ0) is 8.77. The van der Waals surface area contributed by atoms with E-state index in [1.54, 1.807) is 0 Å². The van der Waals surface area contributed by atoms with Gasteiger partial charge in [0, 0.05) is 16.0 Å². The SMILES string of the molecule is Cc1cc(C2(N)CCC2)c(F)s1. The van der Waals surface area contributed by atoms with E-state index < -0.39 is 0 Å². The van der Waals surface area contributed by atoms with Gasteiger partial charge in [-0.3, -0.25) is 0 Å². The highest BCUT2D eigenvalue weighted by atomic mass is 32.1. The fourth-order valence-corrected chi connectivity index (χ4v) is 2.48. The minimum atomic E-state index is -0.338. The average molecular weight is 185 g/mol. The first-order chi connectivity index (χ1) is 5.62. The fourth-order valence-electron chi connectivity index (χ4n) is 1.65. The molecular weight excluding hydrogens is 173 g/mol. The van der Waals surface area contributed by atoms with Gasteiger partial charge in [-0.05, 0) is 32.3 Å². The molecule has 1 fully saturated rings. The molecule has 12 heavy (non-hydrogen) atoms. The summed E-state index contributed by atoms with van der Waals surface area (Å²) in [5, 5.41) is -0.0882. The Morgan fingerprint density at radius 3 is 2.58 bits per heavy atom. The molecule has 1 aliphatic carbocycles. The predicted octanol–water partition coefficient (Wildman–Crippen LogP) is 2.53. The summed E-state index contributed by atoms with van der Waals surface area (Å²) >= 11 is 1.20. The molecule has 1 saturated carbocycles. The molecule has 0 aliphatic heterocycles. The Morgan fingerprint density at radius 2 is 2.25 bits per heavy atom. The molecule has 0 bridgehead atoms. The van der Waals surface area contributed by atoms with Crippen molar-refractivity contribution in [2.24, 2.45) is 5.73 Å². The lowest BCUT2D eigenvalue weighted by Crippen LogP contribution is -2.43. The molecule has 1 aliphatic rings. The number of rotatable bonds is 1. The van der Waals surface area contributed by atoms with Crippen LogP contribution in [0.1, 0.15) is 29.7 Å². The van der Waals surface area contributed by atoms with Crippen LogP contribution in [0, 0.1) is 12.1 Å². The van der Waals surface area contributed by atoms with Crippen LogP contribution in [0.25, 0.3) is 0 Å². The van der Waals surface area contributed by atoms with Crippen LogP contribution in [0.15, 0.2) is 6.07 Å². The van der Waals surface area contributed by atoms with E-state index in [1.165, 1.54) is 11.3 Å². The lowest BCUT2D eigenvalue weighted by molar-refractivity contribution is 0.247. The van der Waals surface area contributed by atoms with Crippen molar-refractivity contribution in [1.82, 2.24) is 0 Å². The standard InChI is InChI=1S/C9H12FNS/c1-6-5-7(8(10)12-6)9(11)3-2-4-9/h5H,2-4,11H2,1H3. The molecule has 2 rings (SSSR count). The third kappa shape index (κ3) is 1.08. The topological polar surface area (TPSA) is 26.0 Å². The van der Waals surface area contributed by atoms with Gasteiger partial charge in [0.25, 0.3) is 0 Å². The van der Waals surface area contributed by atoms with E-state index in [1.807, 2.05) is 13.0 Å². The lowest BCUT2D eigenvalue weighted by Gasteiger charge is -2.37. The van der Waals surface area contributed by atoms with Crippen molar-refractivity contribution in [1.29, 1.82) is 0 Å². The van der Waals surface area contributed by atoms with Crippen LogP contribution in [0.2, 0.25) is 0 Å². The van der Waals surface area contributed by atoms with Crippen LogP contribution in [-0.4, -0.2) is 0 Å². The molecule has 2 N–H and O–H groups in total. The summed E-state index contributed by atoms with van der Waals surface area (Å²) in [4.78, 5) is 1.01. The summed E-state index contributed by atoms with van der Waals surface area (Å²) in [6, 6.07) is 1.89. The quantitative estimate of drug-likeness (QED) is 0.715. The third-order valence-electron chi connectivity index (χ3n) is 2.59. The van der Waals surface area contributed by atoms with Gasteiger partial charge >= 0.3 is 0 Å². The maximum absolute atomic E-state index is 13.3. The first-order valence-corrected chi connectivity index (χ1v) is 4.99. The molecule has 0 unspecified atom stereocenters. The van der Waals surface area contributed by atoms with Gasteiger partial charge in [-0.2, -0.15) is 4.39 Å². The monoisotopic (exact) mass is 185 g/mol. The highest BCUT2D eigenvalue weighted by molar-refractivity contribution is 7.10. The van der Waals surface area contributed by atoms with Gasteiger partial charge in [-0.15, -0.1) is 11.3 Å². The fraction of sp³-hybridized carbons (Fsp3) is 0.556. The summed E-state index contributed by atoms with van der Waals surface area (Å²) in [5.74, 6) is 0. The molecule has 0 atom stereocenters. The summed E-state index contributed by atoms with van der Waals surface area (Å²) in [6.07, 6.45) is 2.99. The van der Waals surface area contributed by atoms with E-state index >= 15 is 0 Å². The van der Waals surface area contributed by atoms with Crippen molar-refractivity contribution in [3.63, 3.8) is 0 Å². The van der Waals surface area contributed by atoms with E-state index in [-0.39, 0.29) is 10.7 Å². The van der Waals surface area contributed by atoms with Crippen molar-refractivity contribution < 1.29 is 4.39 Å². The summed E-state index contributed by atoms with van der Waals surface area (Å²) in [5.41, 5.74) is 6.40. The number of thiophene rings is 1. The molecule has 3 heteroatoms. The second-order valence-electron chi connectivity index (χ2n) is 3.55. The third-order valence-corrected chi connectivity index (χ3v) is 3.43. The van der Waals surface area contributed by atoms with Gasteiger partial charge in [0.15, 0.2) is 5.13 Å². The highest BCUT2D eigenvalue weighted by Gasteiger charge is 2.37. The minimum Gasteiger partial charge on any atom is -0.321 e. The Morgan fingerprint density at radius 1 is 1.58 bits per heavy atom. The van der Waals surface area contributed by atoms with Crippen LogP contribution in [0.4, 0.5) is 4.39 Å². The van der Waals surface area contributed by atoms with Crippen molar-refractivity contribution in [3.05, 3.63) is 21.6 Å². The number of hydrogen-bond donors (Lipinski definition) is 1. The van der Waals surface area contributed by atoms with Crippen molar-refractivity contribution in [2.45, 2.75) is 31.7 Å². The molecule has 0 saturated heterocycles. The van der Waals surface area contributed by atoms with Gasteiger partial charge in [-0.1, -0.05) is 0 Å². The maximum Gasteiger partial charge on any atom is 0.181 e. The zero-order valence-corrected chi connectivity index (χ0v) is 7.88. The average Bonchev–Trinajstić information content (AvgIpc) is 2.25. The zero-order valence-electron chi connectivity index (χ0n) is 7.06. The highest BCUT2D eigenvalue weighted by Crippen LogP contribution is 2.41. The molecule has 0 amide bonds. The Balaban J connectivity index is 2.38. The number of hydrogen-bond acceptors (Lipinski definition) is 2. The number of aryl methyl sites for hydroxylation is 1. The molecule has 66 valence electrons. The van der Waals surface area contributed by atoms with Gasteiger partial charge in [0.2, 0.25) is 0 Å². The first kappa shape index (κ1) is 8.20. The normalized spacial score (nSPS) is 20.6. The van der Waals surface area contributed by atoms with Crippen molar-refractivity contribution in [3.8, 4) is 0 Å². The lowest BCUT2D eigenvalue weighted by atomic mass is 9.73. The second-order valence-corrected chi connectivity index (χ2v) is 4.76.